The molecule has 7 heteroatoms. The fourth-order valence-electron chi connectivity index (χ4n) is 4.15. The molecule has 1 atom stereocenters. The third-order valence-corrected chi connectivity index (χ3v) is 5.70. The number of hydrogen-bond donors (Lipinski definition) is 1. The Morgan fingerprint density at radius 3 is 2.71 bits per heavy atom. The molecule has 0 unspecified atom stereocenters. The Morgan fingerprint density at radius 2 is 1.96 bits per heavy atom. The summed E-state index contributed by atoms with van der Waals surface area (Å²) in [4.78, 5) is 23.3. The van der Waals surface area contributed by atoms with Crippen LogP contribution in [0.3, 0.4) is 0 Å². The van der Waals surface area contributed by atoms with E-state index in [1.54, 1.807) is 6.26 Å². The molecule has 2 aromatic heterocycles. The normalized spacial score (nSPS) is 20.9. The standard InChI is InChI=1S/C21H29N5O2/c27-21(26-12-10-25(11-13-26)19-5-7-22-8-6-19)23-15-18-3-1-9-24(16-18)17-20-4-2-14-28-20/h2,4-8,14,18H,1,3,9-13,15-17H2,(H,23,27)/t18-/m0/s1. The topological polar surface area (TPSA) is 64.9 Å². The number of carbonyl (C=O) groups is 1. The molecule has 2 amide bonds. The zero-order valence-corrected chi connectivity index (χ0v) is 16.3. The number of piperazine rings is 1. The maximum atomic E-state index is 12.6. The van der Waals surface area contributed by atoms with E-state index in [0.717, 1.165) is 58.1 Å². The van der Waals surface area contributed by atoms with E-state index in [1.165, 1.54) is 18.5 Å². The van der Waals surface area contributed by atoms with E-state index < -0.39 is 0 Å². The van der Waals surface area contributed by atoms with Crippen LogP contribution < -0.4 is 10.2 Å². The fourth-order valence-corrected chi connectivity index (χ4v) is 4.15. The summed E-state index contributed by atoms with van der Waals surface area (Å²) < 4.78 is 5.46. The average molecular weight is 383 g/mol. The number of likely N-dealkylation sites (tertiary alicyclic amines) is 1. The van der Waals surface area contributed by atoms with Crippen molar-refractivity contribution in [2.75, 3.05) is 50.7 Å². The Bertz CT molecular complexity index is 729. The zero-order chi connectivity index (χ0) is 19.2. The van der Waals surface area contributed by atoms with Crippen molar-refractivity contribution in [3.8, 4) is 0 Å². The van der Waals surface area contributed by atoms with Gasteiger partial charge < -0.3 is 19.5 Å². The van der Waals surface area contributed by atoms with Crippen LogP contribution in [0, 0.1) is 5.92 Å². The number of furan rings is 1. The summed E-state index contributed by atoms with van der Waals surface area (Å²) in [5, 5.41) is 3.16. The highest BCUT2D eigenvalue weighted by atomic mass is 16.3. The molecule has 4 rings (SSSR count). The van der Waals surface area contributed by atoms with Gasteiger partial charge in [0.05, 0.1) is 12.8 Å². The van der Waals surface area contributed by atoms with Crippen molar-refractivity contribution in [2.24, 2.45) is 5.92 Å². The highest BCUT2D eigenvalue weighted by molar-refractivity contribution is 5.74. The van der Waals surface area contributed by atoms with Gasteiger partial charge in [-0.25, -0.2) is 4.79 Å². The minimum absolute atomic E-state index is 0.0672. The predicted molar refractivity (Wildman–Crippen MR) is 108 cm³/mol. The highest BCUT2D eigenvalue weighted by Crippen LogP contribution is 2.19. The lowest BCUT2D eigenvalue weighted by Crippen LogP contribution is -2.53. The monoisotopic (exact) mass is 383 g/mol. The molecule has 0 aromatic carbocycles. The Kier molecular flexibility index (Phi) is 6.11. The van der Waals surface area contributed by atoms with Gasteiger partial charge in [-0.15, -0.1) is 0 Å². The molecule has 150 valence electrons. The molecule has 2 aromatic rings. The molecule has 0 saturated carbocycles. The number of piperidine rings is 1. The molecule has 4 heterocycles. The number of aromatic nitrogens is 1. The summed E-state index contributed by atoms with van der Waals surface area (Å²) >= 11 is 0. The van der Waals surface area contributed by atoms with Crippen LogP contribution in [0.25, 0.3) is 0 Å². The van der Waals surface area contributed by atoms with Gasteiger partial charge in [0.25, 0.3) is 0 Å². The summed E-state index contributed by atoms with van der Waals surface area (Å²) in [6.07, 6.45) is 7.70. The molecule has 2 aliphatic rings. The second-order valence-corrected chi connectivity index (χ2v) is 7.69. The quantitative estimate of drug-likeness (QED) is 0.859. The summed E-state index contributed by atoms with van der Waals surface area (Å²) in [6.45, 7) is 6.94. The van der Waals surface area contributed by atoms with Crippen LogP contribution in [0.4, 0.5) is 10.5 Å². The van der Waals surface area contributed by atoms with Crippen molar-refractivity contribution < 1.29 is 9.21 Å². The molecule has 0 spiro atoms. The lowest BCUT2D eigenvalue weighted by atomic mass is 9.98. The first-order valence-electron chi connectivity index (χ1n) is 10.2. The van der Waals surface area contributed by atoms with Crippen LogP contribution in [0.1, 0.15) is 18.6 Å². The van der Waals surface area contributed by atoms with Crippen LogP contribution in [-0.2, 0) is 6.54 Å². The second-order valence-electron chi connectivity index (χ2n) is 7.69. The third-order valence-electron chi connectivity index (χ3n) is 5.70. The van der Waals surface area contributed by atoms with E-state index in [9.17, 15) is 4.79 Å². The van der Waals surface area contributed by atoms with Crippen molar-refractivity contribution in [3.63, 3.8) is 0 Å². The van der Waals surface area contributed by atoms with Gasteiger partial charge in [-0.3, -0.25) is 9.88 Å². The molecule has 0 bridgehead atoms. The van der Waals surface area contributed by atoms with Gasteiger partial charge in [0, 0.05) is 57.3 Å². The number of carbonyl (C=O) groups excluding carboxylic acids is 1. The van der Waals surface area contributed by atoms with Crippen molar-refractivity contribution >= 4 is 11.7 Å². The van der Waals surface area contributed by atoms with Crippen LogP contribution in [-0.4, -0.2) is 66.6 Å². The number of nitrogens with zero attached hydrogens (tertiary/aromatic N) is 4. The van der Waals surface area contributed by atoms with Crippen molar-refractivity contribution in [1.82, 2.24) is 20.1 Å². The Hall–Kier alpha value is -2.54. The van der Waals surface area contributed by atoms with Gasteiger partial charge in [0.15, 0.2) is 0 Å². The molecule has 2 saturated heterocycles. The number of nitrogens with one attached hydrogen (secondary N) is 1. The lowest BCUT2D eigenvalue weighted by Gasteiger charge is -2.37. The maximum absolute atomic E-state index is 12.6. The molecule has 7 nitrogen and oxygen atoms in total. The van der Waals surface area contributed by atoms with E-state index in [0.29, 0.717) is 5.92 Å². The predicted octanol–water partition coefficient (Wildman–Crippen LogP) is 2.42. The van der Waals surface area contributed by atoms with Crippen LogP contribution >= 0.6 is 0 Å². The smallest absolute Gasteiger partial charge is 0.317 e. The van der Waals surface area contributed by atoms with E-state index in [-0.39, 0.29) is 6.03 Å². The minimum atomic E-state index is 0.0672. The SMILES string of the molecule is O=C(NC[C@@H]1CCCN(Cc2ccco2)C1)N1CCN(c2ccncc2)CC1. The molecule has 1 N–H and O–H groups in total. The molecule has 2 aliphatic heterocycles. The summed E-state index contributed by atoms with van der Waals surface area (Å²) in [7, 11) is 0. The van der Waals surface area contributed by atoms with Crippen molar-refractivity contribution in [2.45, 2.75) is 19.4 Å². The van der Waals surface area contributed by atoms with E-state index >= 15 is 0 Å². The van der Waals surface area contributed by atoms with Crippen LogP contribution in [0.5, 0.6) is 0 Å². The molecule has 28 heavy (non-hydrogen) atoms. The van der Waals surface area contributed by atoms with Gasteiger partial charge >= 0.3 is 6.03 Å². The van der Waals surface area contributed by atoms with Crippen LogP contribution in [0.2, 0.25) is 0 Å². The van der Waals surface area contributed by atoms with Crippen LogP contribution in [0.15, 0.2) is 47.3 Å². The molecular weight excluding hydrogens is 354 g/mol. The lowest BCUT2D eigenvalue weighted by molar-refractivity contribution is 0.151. The van der Waals surface area contributed by atoms with Gasteiger partial charge in [0.2, 0.25) is 0 Å². The Labute approximate surface area is 166 Å². The van der Waals surface area contributed by atoms with E-state index in [1.807, 2.05) is 41.6 Å². The van der Waals surface area contributed by atoms with E-state index in [2.05, 4.69) is 20.1 Å². The van der Waals surface area contributed by atoms with Gasteiger partial charge in [0.1, 0.15) is 5.76 Å². The average Bonchev–Trinajstić information content (AvgIpc) is 3.26. The number of pyridine rings is 1. The van der Waals surface area contributed by atoms with Gasteiger partial charge in [-0.05, 0) is 49.6 Å². The van der Waals surface area contributed by atoms with E-state index in [4.69, 9.17) is 4.42 Å². The Balaban J connectivity index is 1.19. The first-order chi connectivity index (χ1) is 13.8. The molecule has 2 fully saturated rings. The highest BCUT2D eigenvalue weighted by Gasteiger charge is 2.24. The van der Waals surface area contributed by atoms with Crippen molar-refractivity contribution in [1.29, 1.82) is 0 Å². The first kappa shape index (κ1) is 18.8. The number of urea groups is 1. The van der Waals surface area contributed by atoms with Crippen molar-refractivity contribution in [3.05, 3.63) is 48.7 Å². The number of rotatable bonds is 5. The minimum Gasteiger partial charge on any atom is -0.468 e. The first-order valence-corrected chi connectivity index (χ1v) is 10.2. The summed E-state index contributed by atoms with van der Waals surface area (Å²) in [5.74, 6) is 1.52. The number of hydrogen-bond acceptors (Lipinski definition) is 5. The zero-order valence-electron chi connectivity index (χ0n) is 16.3. The summed E-state index contributed by atoms with van der Waals surface area (Å²) in [6, 6.07) is 8.07. The third kappa shape index (κ3) is 4.84. The molecule has 0 radical (unpaired) electrons. The molecule has 0 aliphatic carbocycles. The number of amides is 2. The van der Waals surface area contributed by atoms with Gasteiger partial charge in [-0.1, -0.05) is 0 Å². The van der Waals surface area contributed by atoms with Gasteiger partial charge in [-0.2, -0.15) is 0 Å². The Morgan fingerprint density at radius 1 is 1.14 bits per heavy atom. The fraction of sp³-hybridized carbons (Fsp3) is 0.524. The summed E-state index contributed by atoms with van der Waals surface area (Å²) in [5.41, 5.74) is 1.17. The largest absolute Gasteiger partial charge is 0.468 e. The number of anilines is 1. The molecular formula is C21H29N5O2. The second kappa shape index (κ2) is 9.10. The maximum Gasteiger partial charge on any atom is 0.317 e.